The van der Waals surface area contributed by atoms with Crippen LogP contribution in [-0.4, -0.2) is 58.6 Å². The lowest BCUT2D eigenvalue weighted by Gasteiger charge is -2.28. The van der Waals surface area contributed by atoms with Gasteiger partial charge in [-0.3, -0.25) is 9.59 Å². The number of rotatable bonds is 9. The quantitative estimate of drug-likeness (QED) is 0.546. The van der Waals surface area contributed by atoms with Crippen LogP contribution in [0.1, 0.15) is 45.6 Å². The van der Waals surface area contributed by atoms with Crippen LogP contribution >= 0.6 is 0 Å². The Labute approximate surface area is 182 Å². The Balaban J connectivity index is 1.90. The molecule has 0 radical (unpaired) electrons. The summed E-state index contributed by atoms with van der Waals surface area (Å²) in [6.07, 6.45) is 0.633. The third kappa shape index (κ3) is 7.27. The van der Waals surface area contributed by atoms with E-state index in [0.717, 1.165) is 5.56 Å². The second kappa shape index (κ2) is 11.3. The van der Waals surface area contributed by atoms with Crippen molar-refractivity contribution in [2.45, 2.75) is 64.8 Å². The van der Waals surface area contributed by atoms with Gasteiger partial charge in [0.1, 0.15) is 24.7 Å². The first kappa shape index (κ1) is 24.2. The predicted octanol–water partition coefficient (Wildman–Crippen LogP) is 1.91. The summed E-state index contributed by atoms with van der Waals surface area (Å²) in [5, 5.41) is 14.4. The number of nitrogens with one attached hydrogen (secondary N) is 2. The molecule has 0 aliphatic carbocycles. The van der Waals surface area contributed by atoms with E-state index in [1.807, 2.05) is 44.2 Å². The van der Waals surface area contributed by atoms with Crippen LogP contribution in [0.5, 0.6) is 0 Å². The highest BCUT2D eigenvalue weighted by Gasteiger charge is 2.37. The molecule has 170 valence electrons. The van der Waals surface area contributed by atoms with Crippen LogP contribution in [0.2, 0.25) is 0 Å². The van der Waals surface area contributed by atoms with Crippen LogP contribution in [0.4, 0.5) is 4.79 Å². The number of nitrogens with zero attached hydrogens (tertiary/aromatic N) is 1. The van der Waals surface area contributed by atoms with Crippen molar-refractivity contribution in [3.8, 4) is 0 Å². The van der Waals surface area contributed by atoms with Crippen LogP contribution in [0.3, 0.4) is 0 Å². The largest absolute Gasteiger partial charge is 0.480 e. The van der Waals surface area contributed by atoms with Crippen molar-refractivity contribution in [2.24, 2.45) is 5.92 Å². The number of hydrogen-bond acceptors (Lipinski definition) is 5. The first-order valence-electron chi connectivity index (χ1n) is 10.5. The fraction of sp³-hybridized carbons (Fsp3) is 0.545. The number of benzene rings is 1. The molecule has 3 unspecified atom stereocenters. The molecule has 2 rings (SSSR count). The minimum atomic E-state index is -1.10. The predicted molar refractivity (Wildman–Crippen MR) is 113 cm³/mol. The maximum absolute atomic E-state index is 12.8. The molecule has 0 saturated carbocycles. The van der Waals surface area contributed by atoms with Crippen LogP contribution in [0.25, 0.3) is 0 Å². The highest BCUT2D eigenvalue weighted by atomic mass is 16.5. The van der Waals surface area contributed by atoms with Gasteiger partial charge >= 0.3 is 12.1 Å². The number of carbonyl (C=O) groups is 4. The fourth-order valence-electron chi connectivity index (χ4n) is 3.52. The Morgan fingerprint density at radius 2 is 1.81 bits per heavy atom. The van der Waals surface area contributed by atoms with Crippen molar-refractivity contribution < 1.29 is 29.0 Å². The van der Waals surface area contributed by atoms with Crippen LogP contribution in [0, 0.1) is 5.92 Å². The molecule has 1 heterocycles. The van der Waals surface area contributed by atoms with Crippen molar-refractivity contribution in [3.05, 3.63) is 35.9 Å². The number of ether oxygens (including phenoxy) is 1. The summed E-state index contributed by atoms with van der Waals surface area (Å²) in [6.45, 7) is 5.71. The van der Waals surface area contributed by atoms with Gasteiger partial charge in [-0.05, 0) is 37.7 Å². The van der Waals surface area contributed by atoms with Gasteiger partial charge in [0, 0.05) is 6.54 Å². The molecular formula is C22H31N3O6. The zero-order valence-electron chi connectivity index (χ0n) is 18.2. The van der Waals surface area contributed by atoms with Crippen LogP contribution in [-0.2, 0) is 25.7 Å². The monoisotopic (exact) mass is 433 g/mol. The Morgan fingerprint density at radius 1 is 1.13 bits per heavy atom. The summed E-state index contributed by atoms with van der Waals surface area (Å²) < 4.78 is 5.14. The molecule has 0 spiro atoms. The van der Waals surface area contributed by atoms with Gasteiger partial charge in [-0.2, -0.15) is 0 Å². The first-order valence-corrected chi connectivity index (χ1v) is 10.5. The van der Waals surface area contributed by atoms with Gasteiger partial charge in [0.25, 0.3) is 0 Å². The highest BCUT2D eigenvalue weighted by Crippen LogP contribution is 2.19. The molecule has 0 aromatic heterocycles. The number of amides is 3. The van der Waals surface area contributed by atoms with Gasteiger partial charge in [0.05, 0.1) is 0 Å². The van der Waals surface area contributed by atoms with E-state index in [0.29, 0.717) is 25.8 Å². The van der Waals surface area contributed by atoms with E-state index in [9.17, 15) is 24.3 Å². The lowest BCUT2D eigenvalue weighted by atomic mass is 10.0. The number of alkyl carbamates (subject to hydrolysis) is 1. The topological polar surface area (TPSA) is 125 Å². The Hall–Kier alpha value is -3.10. The molecule has 3 amide bonds. The third-order valence-corrected chi connectivity index (χ3v) is 5.08. The molecule has 3 N–H and O–H groups in total. The van der Waals surface area contributed by atoms with Crippen molar-refractivity contribution in [1.29, 1.82) is 0 Å². The minimum absolute atomic E-state index is 0.0781. The number of carboxylic acids is 1. The number of hydrogen-bond donors (Lipinski definition) is 3. The average Bonchev–Trinajstić information content (AvgIpc) is 3.21. The van der Waals surface area contributed by atoms with Crippen molar-refractivity contribution in [2.75, 3.05) is 6.54 Å². The molecule has 1 fully saturated rings. The summed E-state index contributed by atoms with van der Waals surface area (Å²) in [5.41, 5.74) is 0.822. The van der Waals surface area contributed by atoms with E-state index in [1.54, 1.807) is 0 Å². The molecule has 1 aliphatic heterocycles. The molecule has 1 aliphatic rings. The van der Waals surface area contributed by atoms with Gasteiger partial charge in [-0.15, -0.1) is 0 Å². The Kier molecular flexibility index (Phi) is 8.84. The molecule has 31 heavy (non-hydrogen) atoms. The highest BCUT2D eigenvalue weighted by molar-refractivity contribution is 5.93. The summed E-state index contributed by atoms with van der Waals surface area (Å²) >= 11 is 0. The first-order chi connectivity index (χ1) is 14.7. The van der Waals surface area contributed by atoms with E-state index in [4.69, 9.17) is 4.74 Å². The zero-order chi connectivity index (χ0) is 23.0. The molecule has 1 aromatic carbocycles. The van der Waals surface area contributed by atoms with Gasteiger partial charge in [-0.1, -0.05) is 44.2 Å². The number of carboxylic acid groups (broad SMARTS) is 1. The SMILES string of the molecule is CC(C)CC(NC(=O)C1CCCN1C(=O)C(C)NC(=O)OCc1ccccc1)C(=O)O. The summed E-state index contributed by atoms with van der Waals surface area (Å²) in [5.74, 6) is -1.91. The molecule has 1 aromatic rings. The lowest BCUT2D eigenvalue weighted by molar-refractivity contribution is -0.144. The third-order valence-electron chi connectivity index (χ3n) is 5.08. The number of carbonyl (C=O) groups excluding carboxylic acids is 3. The van der Waals surface area contributed by atoms with Gasteiger partial charge in [0.2, 0.25) is 11.8 Å². The van der Waals surface area contributed by atoms with E-state index < -0.39 is 42.0 Å². The molecule has 1 saturated heterocycles. The van der Waals surface area contributed by atoms with Crippen LogP contribution in [0.15, 0.2) is 30.3 Å². The summed E-state index contributed by atoms with van der Waals surface area (Å²) in [7, 11) is 0. The van der Waals surface area contributed by atoms with E-state index >= 15 is 0 Å². The minimum Gasteiger partial charge on any atom is -0.480 e. The fourth-order valence-corrected chi connectivity index (χ4v) is 3.52. The van der Waals surface area contributed by atoms with E-state index in [2.05, 4.69) is 10.6 Å². The summed E-state index contributed by atoms with van der Waals surface area (Å²) in [4.78, 5) is 50.4. The van der Waals surface area contributed by atoms with Crippen LogP contribution < -0.4 is 10.6 Å². The normalized spacial score (nSPS) is 17.7. The second-order valence-electron chi connectivity index (χ2n) is 8.15. The van der Waals surface area contributed by atoms with Crippen molar-refractivity contribution >= 4 is 23.9 Å². The van der Waals surface area contributed by atoms with Crippen molar-refractivity contribution in [1.82, 2.24) is 15.5 Å². The smallest absolute Gasteiger partial charge is 0.408 e. The molecule has 3 atom stereocenters. The maximum atomic E-state index is 12.8. The Morgan fingerprint density at radius 3 is 2.42 bits per heavy atom. The molecule has 9 heteroatoms. The average molecular weight is 434 g/mol. The van der Waals surface area contributed by atoms with Crippen molar-refractivity contribution in [3.63, 3.8) is 0 Å². The Bertz CT molecular complexity index is 783. The molecular weight excluding hydrogens is 402 g/mol. The van der Waals surface area contributed by atoms with Gasteiger partial charge < -0.3 is 25.4 Å². The maximum Gasteiger partial charge on any atom is 0.408 e. The second-order valence-corrected chi connectivity index (χ2v) is 8.15. The number of likely N-dealkylation sites (tertiary alicyclic amines) is 1. The molecule has 0 bridgehead atoms. The standard InChI is InChI=1S/C22H31N3O6/c1-14(2)12-17(21(28)29)24-19(26)18-10-7-11-25(18)20(27)15(3)23-22(30)31-13-16-8-5-4-6-9-16/h4-6,8-9,14-15,17-18H,7,10-13H2,1-3H3,(H,23,30)(H,24,26)(H,28,29). The van der Waals surface area contributed by atoms with Gasteiger partial charge in [-0.25, -0.2) is 9.59 Å². The zero-order valence-corrected chi connectivity index (χ0v) is 18.2. The molecule has 9 nitrogen and oxygen atoms in total. The van der Waals surface area contributed by atoms with E-state index in [-0.39, 0.29) is 12.5 Å². The number of aliphatic carboxylic acids is 1. The van der Waals surface area contributed by atoms with Gasteiger partial charge in [0.15, 0.2) is 0 Å². The summed E-state index contributed by atoms with van der Waals surface area (Å²) in [6, 6.07) is 6.50. The lowest BCUT2D eigenvalue weighted by Crippen LogP contribution is -2.54. The van der Waals surface area contributed by atoms with E-state index in [1.165, 1.54) is 11.8 Å².